The van der Waals surface area contributed by atoms with Crippen LogP contribution in [0.4, 0.5) is 5.69 Å². The van der Waals surface area contributed by atoms with E-state index < -0.39 is 0 Å². The molecule has 0 aliphatic carbocycles. The number of hydrogen-bond donors (Lipinski definition) is 2. The van der Waals surface area contributed by atoms with Crippen LogP contribution >= 0.6 is 11.6 Å². The molecule has 0 bridgehead atoms. The van der Waals surface area contributed by atoms with E-state index in [1.807, 2.05) is 24.3 Å². The molecule has 0 spiro atoms. The average molecular weight is 304 g/mol. The Morgan fingerprint density at radius 3 is 2.57 bits per heavy atom. The van der Waals surface area contributed by atoms with Crippen molar-refractivity contribution in [2.45, 2.75) is 13.5 Å². The summed E-state index contributed by atoms with van der Waals surface area (Å²) in [6.45, 7) is 3.60. The van der Waals surface area contributed by atoms with E-state index in [0.29, 0.717) is 10.6 Å². The molecule has 0 aliphatic heterocycles. The Balaban J connectivity index is 2.38. The van der Waals surface area contributed by atoms with Crippen LogP contribution in [0.25, 0.3) is 0 Å². The quantitative estimate of drug-likeness (QED) is 0.385. The van der Waals surface area contributed by atoms with E-state index in [9.17, 15) is 0 Å². The number of nitrogens with zero attached hydrogens (tertiary/aromatic N) is 2. The normalized spacial score (nSPS) is 11.4. The standard InChI is InChI=1S/C16H18ClN3O/c1-2-20(11-12-6-4-3-5-7-12)15-9-8-13(17)10-14(15)16(18)19-21/h3-10,21H,2,11H2,1H3,(H2,18,19). The second kappa shape index (κ2) is 6.99. The first-order valence-corrected chi connectivity index (χ1v) is 7.09. The Morgan fingerprint density at radius 2 is 1.95 bits per heavy atom. The lowest BCUT2D eigenvalue weighted by atomic mass is 10.1. The van der Waals surface area contributed by atoms with Crippen LogP contribution in [0.15, 0.2) is 53.7 Å². The lowest BCUT2D eigenvalue weighted by molar-refractivity contribution is 0.318. The van der Waals surface area contributed by atoms with Gasteiger partial charge in [-0.25, -0.2) is 0 Å². The third-order valence-electron chi connectivity index (χ3n) is 3.28. The van der Waals surface area contributed by atoms with Gasteiger partial charge in [-0.05, 0) is 30.7 Å². The van der Waals surface area contributed by atoms with E-state index in [0.717, 1.165) is 18.8 Å². The van der Waals surface area contributed by atoms with E-state index in [2.05, 4.69) is 29.1 Å². The van der Waals surface area contributed by atoms with Crippen molar-refractivity contribution in [1.29, 1.82) is 0 Å². The molecule has 2 aromatic carbocycles. The van der Waals surface area contributed by atoms with Crippen LogP contribution in [0.2, 0.25) is 5.02 Å². The summed E-state index contributed by atoms with van der Waals surface area (Å²) in [5.41, 5.74) is 8.48. The molecule has 110 valence electrons. The minimum absolute atomic E-state index is 0.0546. The molecule has 21 heavy (non-hydrogen) atoms. The molecule has 0 radical (unpaired) electrons. The topological polar surface area (TPSA) is 61.8 Å². The van der Waals surface area contributed by atoms with Gasteiger partial charge in [0.25, 0.3) is 0 Å². The summed E-state index contributed by atoms with van der Waals surface area (Å²) in [5.74, 6) is 0.0546. The van der Waals surface area contributed by atoms with Crippen molar-refractivity contribution in [3.63, 3.8) is 0 Å². The van der Waals surface area contributed by atoms with E-state index in [-0.39, 0.29) is 5.84 Å². The zero-order valence-corrected chi connectivity index (χ0v) is 12.6. The Labute approximate surface area is 129 Å². The van der Waals surface area contributed by atoms with Gasteiger partial charge in [0, 0.05) is 29.4 Å². The fourth-order valence-electron chi connectivity index (χ4n) is 2.21. The van der Waals surface area contributed by atoms with Crippen molar-refractivity contribution in [1.82, 2.24) is 0 Å². The highest BCUT2D eigenvalue weighted by Gasteiger charge is 2.14. The van der Waals surface area contributed by atoms with Crippen LogP contribution < -0.4 is 10.6 Å². The van der Waals surface area contributed by atoms with E-state index >= 15 is 0 Å². The highest BCUT2D eigenvalue weighted by Crippen LogP contribution is 2.25. The van der Waals surface area contributed by atoms with E-state index in [1.165, 1.54) is 5.56 Å². The van der Waals surface area contributed by atoms with Crippen LogP contribution in [-0.4, -0.2) is 17.6 Å². The number of oxime groups is 1. The number of nitrogens with two attached hydrogens (primary N) is 1. The summed E-state index contributed by atoms with van der Waals surface area (Å²) in [7, 11) is 0. The van der Waals surface area contributed by atoms with Crippen molar-refractivity contribution < 1.29 is 5.21 Å². The van der Waals surface area contributed by atoms with Crippen LogP contribution in [0.5, 0.6) is 0 Å². The summed E-state index contributed by atoms with van der Waals surface area (Å²) in [6, 6.07) is 15.6. The van der Waals surface area contributed by atoms with Crippen LogP contribution in [-0.2, 0) is 6.54 Å². The first-order chi connectivity index (χ1) is 10.2. The average Bonchev–Trinajstić information content (AvgIpc) is 2.53. The molecule has 0 amide bonds. The maximum absolute atomic E-state index is 8.95. The smallest absolute Gasteiger partial charge is 0.172 e. The van der Waals surface area contributed by atoms with Crippen LogP contribution in [0, 0.1) is 0 Å². The van der Waals surface area contributed by atoms with Gasteiger partial charge >= 0.3 is 0 Å². The van der Waals surface area contributed by atoms with Gasteiger partial charge in [-0.2, -0.15) is 0 Å². The molecule has 5 heteroatoms. The summed E-state index contributed by atoms with van der Waals surface area (Å²) in [5, 5.41) is 12.6. The van der Waals surface area contributed by atoms with Gasteiger partial charge in [-0.15, -0.1) is 0 Å². The number of hydrogen-bond acceptors (Lipinski definition) is 3. The van der Waals surface area contributed by atoms with Gasteiger partial charge in [0.15, 0.2) is 5.84 Å². The Bertz CT molecular complexity index is 629. The van der Waals surface area contributed by atoms with Gasteiger partial charge in [0.2, 0.25) is 0 Å². The molecule has 4 nitrogen and oxygen atoms in total. The van der Waals surface area contributed by atoms with Gasteiger partial charge in [0.1, 0.15) is 0 Å². The predicted molar refractivity (Wildman–Crippen MR) is 87.1 cm³/mol. The lowest BCUT2D eigenvalue weighted by Crippen LogP contribution is -2.26. The highest BCUT2D eigenvalue weighted by atomic mass is 35.5. The molecular weight excluding hydrogens is 286 g/mol. The van der Waals surface area contributed by atoms with Crippen molar-refractivity contribution in [3.05, 3.63) is 64.7 Å². The van der Waals surface area contributed by atoms with E-state index in [4.69, 9.17) is 22.5 Å². The number of halogens is 1. The van der Waals surface area contributed by atoms with E-state index in [1.54, 1.807) is 12.1 Å². The molecular formula is C16H18ClN3O. The van der Waals surface area contributed by atoms with Gasteiger partial charge in [-0.3, -0.25) is 0 Å². The summed E-state index contributed by atoms with van der Waals surface area (Å²) in [4.78, 5) is 2.15. The summed E-state index contributed by atoms with van der Waals surface area (Å²) >= 11 is 6.02. The Hall–Kier alpha value is -2.20. The first kappa shape index (κ1) is 15.2. The molecule has 0 aliphatic rings. The molecule has 0 saturated heterocycles. The Morgan fingerprint density at radius 1 is 1.24 bits per heavy atom. The van der Waals surface area contributed by atoms with Crippen molar-refractivity contribution in [2.24, 2.45) is 10.9 Å². The molecule has 2 aromatic rings. The zero-order valence-electron chi connectivity index (χ0n) is 11.8. The molecule has 0 unspecified atom stereocenters. The molecule has 0 fully saturated rings. The molecule has 2 rings (SSSR count). The summed E-state index contributed by atoms with van der Waals surface area (Å²) < 4.78 is 0. The second-order valence-corrected chi connectivity index (χ2v) is 5.08. The van der Waals surface area contributed by atoms with Gasteiger partial charge in [0.05, 0.1) is 0 Å². The maximum atomic E-state index is 8.95. The molecule has 0 atom stereocenters. The largest absolute Gasteiger partial charge is 0.409 e. The molecule has 0 saturated carbocycles. The minimum Gasteiger partial charge on any atom is -0.409 e. The van der Waals surface area contributed by atoms with Crippen molar-refractivity contribution in [2.75, 3.05) is 11.4 Å². The fourth-order valence-corrected chi connectivity index (χ4v) is 2.39. The predicted octanol–water partition coefficient (Wildman–Crippen LogP) is 3.46. The minimum atomic E-state index is 0.0546. The third kappa shape index (κ3) is 3.67. The number of anilines is 1. The van der Waals surface area contributed by atoms with Gasteiger partial charge in [-0.1, -0.05) is 47.1 Å². The number of amidine groups is 1. The number of rotatable bonds is 5. The van der Waals surface area contributed by atoms with Crippen molar-refractivity contribution >= 4 is 23.1 Å². The van der Waals surface area contributed by atoms with Crippen molar-refractivity contribution in [3.8, 4) is 0 Å². The molecule has 0 aromatic heterocycles. The first-order valence-electron chi connectivity index (χ1n) is 6.72. The second-order valence-electron chi connectivity index (χ2n) is 4.65. The fraction of sp³-hybridized carbons (Fsp3) is 0.188. The zero-order chi connectivity index (χ0) is 15.2. The number of benzene rings is 2. The van der Waals surface area contributed by atoms with Gasteiger partial charge < -0.3 is 15.8 Å². The molecule has 0 heterocycles. The third-order valence-corrected chi connectivity index (χ3v) is 3.52. The molecule has 3 N–H and O–H groups in total. The lowest BCUT2D eigenvalue weighted by Gasteiger charge is -2.25. The Kier molecular flexibility index (Phi) is 5.06. The summed E-state index contributed by atoms with van der Waals surface area (Å²) in [6.07, 6.45) is 0. The SMILES string of the molecule is CCN(Cc1ccccc1)c1ccc(Cl)cc1C(N)=NO. The maximum Gasteiger partial charge on any atom is 0.172 e. The van der Waals surface area contributed by atoms with Crippen LogP contribution in [0.3, 0.4) is 0 Å². The monoisotopic (exact) mass is 303 g/mol. The van der Waals surface area contributed by atoms with Crippen LogP contribution in [0.1, 0.15) is 18.1 Å². The highest BCUT2D eigenvalue weighted by molar-refractivity contribution is 6.31.